The van der Waals surface area contributed by atoms with Gasteiger partial charge in [-0.1, -0.05) is 0 Å². The first kappa shape index (κ1) is 11.2. The number of aromatic nitrogens is 2. The molecule has 0 radical (unpaired) electrons. The zero-order valence-corrected chi connectivity index (χ0v) is 9.32. The standard InChI is InChI=1S/C12H12N2O3/c1-17-10-4-2-8(3-5-10)11(15)6-9-7-13-12(16)14-9/h2-5,7H,6H2,1H3,(H2,13,14,16). The number of hydrogen-bond acceptors (Lipinski definition) is 3. The SMILES string of the molecule is COc1ccc(C(=O)Cc2c[nH]c(=O)[nH]2)cc1. The zero-order chi connectivity index (χ0) is 12.3. The third-order valence-corrected chi connectivity index (χ3v) is 2.41. The van der Waals surface area contributed by atoms with Crippen molar-refractivity contribution in [1.82, 2.24) is 9.97 Å². The van der Waals surface area contributed by atoms with Gasteiger partial charge < -0.3 is 14.7 Å². The summed E-state index contributed by atoms with van der Waals surface area (Å²) in [4.78, 5) is 27.7. The fourth-order valence-corrected chi connectivity index (χ4v) is 1.52. The van der Waals surface area contributed by atoms with Gasteiger partial charge in [-0.05, 0) is 24.3 Å². The largest absolute Gasteiger partial charge is 0.497 e. The fraction of sp³-hybridized carbons (Fsp3) is 0.167. The molecular weight excluding hydrogens is 220 g/mol. The summed E-state index contributed by atoms with van der Waals surface area (Å²) >= 11 is 0. The molecule has 0 fully saturated rings. The van der Waals surface area contributed by atoms with Crippen molar-refractivity contribution in [3.05, 3.63) is 52.2 Å². The van der Waals surface area contributed by atoms with Gasteiger partial charge in [-0.25, -0.2) is 4.79 Å². The van der Waals surface area contributed by atoms with E-state index < -0.39 is 0 Å². The highest BCUT2D eigenvalue weighted by molar-refractivity contribution is 5.97. The van der Waals surface area contributed by atoms with Crippen molar-refractivity contribution >= 4 is 5.78 Å². The van der Waals surface area contributed by atoms with Gasteiger partial charge in [0, 0.05) is 17.5 Å². The van der Waals surface area contributed by atoms with Crippen LogP contribution in [0.1, 0.15) is 16.1 Å². The molecule has 5 heteroatoms. The molecule has 1 aromatic heterocycles. The first-order valence-corrected chi connectivity index (χ1v) is 5.13. The van der Waals surface area contributed by atoms with E-state index in [1.807, 2.05) is 0 Å². The average molecular weight is 232 g/mol. The Morgan fingerprint density at radius 2 is 2.00 bits per heavy atom. The molecule has 0 amide bonds. The number of rotatable bonds is 4. The highest BCUT2D eigenvalue weighted by Gasteiger charge is 2.08. The fourth-order valence-electron chi connectivity index (χ4n) is 1.52. The molecule has 5 nitrogen and oxygen atoms in total. The van der Waals surface area contributed by atoms with Gasteiger partial charge in [0.1, 0.15) is 5.75 Å². The second-order valence-electron chi connectivity index (χ2n) is 3.60. The highest BCUT2D eigenvalue weighted by Crippen LogP contribution is 2.12. The lowest BCUT2D eigenvalue weighted by Gasteiger charge is -2.01. The lowest BCUT2D eigenvalue weighted by Crippen LogP contribution is -2.06. The summed E-state index contributed by atoms with van der Waals surface area (Å²) in [5.41, 5.74) is 0.867. The Balaban J connectivity index is 2.11. The van der Waals surface area contributed by atoms with Crippen LogP contribution in [0.2, 0.25) is 0 Å². The van der Waals surface area contributed by atoms with Crippen LogP contribution in [0.15, 0.2) is 35.3 Å². The Labute approximate surface area is 97.4 Å². The van der Waals surface area contributed by atoms with Gasteiger partial charge in [0.15, 0.2) is 5.78 Å². The summed E-state index contributed by atoms with van der Waals surface area (Å²) in [5.74, 6) is 0.652. The Hall–Kier alpha value is -2.30. The first-order valence-electron chi connectivity index (χ1n) is 5.13. The summed E-state index contributed by atoms with van der Waals surface area (Å²) in [7, 11) is 1.57. The number of ketones is 1. The van der Waals surface area contributed by atoms with Crippen LogP contribution in [0.5, 0.6) is 5.75 Å². The van der Waals surface area contributed by atoms with Gasteiger partial charge in [-0.3, -0.25) is 4.79 Å². The minimum absolute atomic E-state index is 0.0529. The number of H-pyrrole nitrogens is 2. The molecule has 0 unspecified atom stereocenters. The maximum absolute atomic E-state index is 11.8. The number of benzene rings is 1. The molecule has 1 heterocycles. The van der Waals surface area contributed by atoms with Gasteiger partial charge in [0.25, 0.3) is 0 Å². The van der Waals surface area contributed by atoms with Crippen molar-refractivity contribution in [1.29, 1.82) is 0 Å². The van der Waals surface area contributed by atoms with E-state index in [0.29, 0.717) is 17.0 Å². The molecule has 17 heavy (non-hydrogen) atoms. The average Bonchev–Trinajstić information content (AvgIpc) is 2.75. The van der Waals surface area contributed by atoms with Crippen LogP contribution in [0, 0.1) is 0 Å². The number of carbonyl (C=O) groups excluding carboxylic acids is 1. The topological polar surface area (TPSA) is 75.0 Å². The van der Waals surface area contributed by atoms with Crippen molar-refractivity contribution in [2.75, 3.05) is 7.11 Å². The minimum Gasteiger partial charge on any atom is -0.497 e. The minimum atomic E-state index is -0.303. The maximum Gasteiger partial charge on any atom is 0.323 e. The number of methoxy groups -OCH3 is 1. The molecule has 88 valence electrons. The van der Waals surface area contributed by atoms with Crippen molar-refractivity contribution in [3.8, 4) is 5.75 Å². The molecule has 0 aliphatic heterocycles. The van der Waals surface area contributed by atoms with E-state index in [0.717, 1.165) is 0 Å². The molecule has 0 atom stereocenters. The molecule has 0 aliphatic rings. The lowest BCUT2D eigenvalue weighted by atomic mass is 10.1. The van der Waals surface area contributed by atoms with Gasteiger partial charge in [0.2, 0.25) is 0 Å². The summed E-state index contributed by atoms with van der Waals surface area (Å²) in [6.45, 7) is 0. The highest BCUT2D eigenvalue weighted by atomic mass is 16.5. The van der Waals surface area contributed by atoms with E-state index in [1.165, 1.54) is 6.20 Å². The predicted molar refractivity (Wildman–Crippen MR) is 62.4 cm³/mol. The van der Waals surface area contributed by atoms with Crippen molar-refractivity contribution in [3.63, 3.8) is 0 Å². The molecule has 0 saturated carbocycles. The molecule has 2 N–H and O–H groups in total. The lowest BCUT2D eigenvalue weighted by molar-refractivity contribution is 0.0992. The van der Waals surface area contributed by atoms with Crippen LogP contribution in [0.4, 0.5) is 0 Å². The van der Waals surface area contributed by atoms with E-state index in [9.17, 15) is 9.59 Å². The Kier molecular flexibility index (Phi) is 3.09. The van der Waals surface area contributed by atoms with Crippen molar-refractivity contribution in [2.24, 2.45) is 0 Å². The first-order chi connectivity index (χ1) is 8.19. The molecular formula is C12H12N2O3. The summed E-state index contributed by atoms with van der Waals surface area (Å²) in [5, 5.41) is 0. The number of imidazole rings is 1. The quantitative estimate of drug-likeness (QED) is 0.776. The monoisotopic (exact) mass is 232 g/mol. The number of carbonyl (C=O) groups is 1. The molecule has 0 saturated heterocycles. The van der Waals surface area contributed by atoms with Crippen LogP contribution < -0.4 is 10.4 Å². The summed E-state index contributed by atoms with van der Waals surface area (Å²) in [6.07, 6.45) is 1.68. The third kappa shape index (κ3) is 2.63. The van der Waals surface area contributed by atoms with Crippen LogP contribution in [0.25, 0.3) is 0 Å². The van der Waals surface area contributed by atoms with E-state index in [2.05, 4.69) is 9.97 Å². The van der Waals surface area contributed by atoms with E-state index in [4.69, 9.17) is 4.74 Å². The van der Waals surface area contributed by atoms with Gasteiger partial charge in [-0.2, -0.15) is 0 Å². The molecule has 0 bridgehead atoms. The normalized spacial score (nSPS) is 10.2. The second kappa shape index (κ2) is 4.69. The number of ether oxygens (including phenoxy) is 1. The van der Waals surface area contributed by atoms with Gasteiger partial charge in [-0.15, -0.1) is 0 Å². The van der Waals surface area contributed by atoms with Crippen molar-refractivity contribution in [2.45, 2.75) is 6.42 Å². The Morgan fingerprint density at radius 1 is 1.29 bits per heavy atom. The number of aromatic amines is 2. The smallest absolute Gasteiger partial charge is 0.323 e. The maximum atomic E-state index is 11.8. The second-order valence-corrected chi connectivity index (χ2v) is 3.60. The zero-order valence-electron chi connectivity index (χ0n) is 9.32. The third-order valence-electron chi connectivity index (χ3n) is 2.41. The summed E-state index contributed by atoms with van der Waals surface area (Å²) < 4.78 is 5.01. The Morgan fingerprint density at radius 3 is 2.53 bits per heavy atom. The van der Waals surface area contributed by atoms with E-state index in [1.54, 1.807) is 31.4 Å². The van der Waals surface area contributed by atoms with Crippen LogP contribution in [-0.4, -0.2) is 22.9 Å². The van der Waals surface area contributed by atoms with Gasteiger partial charge >= 0.3 is 5.69 Å². The van der Waals surface area contributed by atoms with Gasteiger partial charge in [0.05, 0.1) is 13.5 Å². The van der Waals surface area contributed by atoms with Crippen LogP contribution in [0.3, 0.4) is 0 Å². The molecule has 0 spiro atoms. The van der Waals surface area contributed by atoms with Crippen LogP contribution >= 0.6 is 0 Å². The van der Waals surface area contributed by atoms with Crippen LogP contribution in [-0.2, 0) is 6.42 Å². The molecule has 2 aromatic rings. The molecule has 1 aromatic carbocycles. The number of nitrogens with one attached hydrogen (secondary N) is 2. The van der Waals surface area contributed by atoms with E-state index >= 15 is 0 Å². The van der Waals surface area contributed by atoms with Crippen molar-refractivity contribution < 1.29 is 9.53 Å². The molecule has 2 rings (SSSR count). The summed E-state index contributed by atoms with van der Waals surface area (Å²) in [6, 6.07) is 6.86. The molecule has 0 aliphatic carbocycles. The number of hydrogen-bond donors (Lipinski definition) is 2. The predicted octanol–water partition coefficient (Wildman–Crippen LogP) is 1.14. The van der Waals surface area contributed by atoms with E-state index in [-0.39, 0.29) is 17.9 Å². The number of Topliss-reactive ketones (excluding diaryl/α,β-unsaturated/α-hetero) is 1. The Bertz CT molecular complexity index is 566.